The largest absolute Gasteiger partial charge is 0.368 e. The van der Waals surface area contributed by atoms with Crippen LogP contribution in [0.5, 0.6) is 0 Å². The minimum Gasteiger partial charge on any atom is -0.368 e. The lowest BCUT2D eigenvalue weighted by Crippen LogP contribution is -2.31. The van der Waals surface area contributed by atoms with Crippen molar-refractivity contribution >= 4 is 5.82 Å². The molecule has 0 amide bonds. The summed E-state index contributed by atoms with van der Waals surface area (Å²) in [5.74, 6) is 2.60. The standard InChI is InChI=1S/C12H18N4O/c13-9(7-1-2-7)6-14-10-5-11(17)16-12(15-10)8-3-4-8/h5,7-9H,1-4,6,13H2,(H2,14,15,16,17). The van der Waals surface area contributed by atoms with Crippen molar-refractivity contribution in [1.29, 1.82) is 0 Å². The summed E-state index contributed by atoms with van der Waals surface area (Å²) in [7, 11) is 0. The van der Waals surface area contributed by atoms with E-state index >= 15 is 0 Å². The number of H-pyrrole nitrogens is 1. The first-order chi connectivity index (χ1) is 8.22. The number of aromatic nitrogens is 2. The van der Waals surface area contributed by atoms with Gasteiger partial charge < -0.3 is 16.0 Å². The Bertz CT molecular complexity index is 462. The highest BCUT2D eigenvalue weighted by molar-refractivity contribution is 5.34. The number of nitrogens with zero attached hydrogens (tertiary/aromatic N) is 1. The second kappa shape index (κ2) is 4.14. The van der Waals surface area contributed by atoms with E-state index in [1.54, 1.807) is 0 Å². The minimum absolute atomic E-state index is 0.0793. The highest BCUT2D eigenvalue weighted by atomic mass is 16.1. The van der Waals surface area contributed by atoms with Crippen LogP contribution >= 0.6 is 0 Å². The number of aromatic amines is 1. The lowest BCUT2D eigenvalue weighted by atomic mass is 10.2. The van der Waals surface area contributed by atoms with Crippen molar-refractivity contribution in [3.8, 4) is 0 Å². The molecule has 0 aliphatic heterocycles. The van der Waals surface area contributed by atoms with Crippen molar-refractivity contribution < 1.29 is 0 Å². The lowest BCUT2D eigenvalue weighted by Gasteiger charge is -2.12. The summed E-state index contributed by atoms with van der Waals surface area (Å²) >= 11 is 0. The smallest absolute Gasteiger partial charge is 0.252 e. The molecule has 2 fully saturated rings. The summed E-state index contributed by atoms with van der Waals surface area (Å²) in [6.07, 6.45) is 4.74. The predicted octanol–water partition coefficient (Wildman–Crippen LogP) is 0.796. The fourth-order valence-electron chi connectivity index (χ4n) is 2.03. The summed E-state index contributed by atoms with van der Waals surface area (Å²) in [5, 5.41) is 3.17. The van der Waals surface area contributed by atoms with E-state index in [0.29, 0.717) is 24.2 Å². The first-order valence-electron chi connectivity index (χ1n) is 6.33. The quantitative estimate of drug-likeness (QED) is 0.703. The average Bonchev–Trinajstić information content (AvgIpc) is 3.19. The minimum atomic E-state index is -0.0793. The molecule has 0 spiro atoms. The van der Waals surface area contributed by atoms with E-state index in [1.807, 2.05) is 0 Å². The molecular weight excluding hydrogens is 216 g/mol. The zero-order valence-corrected chi connectivity index (χ0v) is 9.78. The molecule has 0 saturated heterocycles. The fourth-order valence-corrected chi connectivity index (χ4v) is 2.03. The van der Waals surface area contributed by atoms with Crippen molar-refractivity contribution in [2.24, 2.45) is 11.7 Å². The molecule has 1 aromatic heterocycles. The number of rotatable bonds is 5. The molecule has 5 heteroatoms. The predicted molar refractivity (Wildman–Crippen MR) is 66.0 cm³/mol. The molecule has 92 valence electrons. The first kappa shape index (κ1) is 10.8. The van der Waals surface area contributed by atoms with Gasteiger partial charge in [0.15, 0.2) is 0 Å². The van der Waals surface area contributed by atoms with Crippen molar-refractivity contribution in [3.05, 3.63) is 22.2 Å². The summed E-state index contributed by atoms with van der Waals surface area (Å²) in [5.41, 5.74) is 5.92. The first-order valence-corrected chi connectivity index (χ1v) is 6.33. The molecule has 17 heavy (non-hydrogen) atoms. The molecule has 2 saturated carbocycles. The number of nitrogens with two attached hydrogens (primary N) is 1. The van der Waals surface area contributed by atoms with E-state index in [-0.39, 0.29) is 11.6 Å². The highest BCUT2D eigenvalue weighted by Gasteiger charge is 2.29. The SMILES string of the molecule is NC(CNc1cc(=O)[nH]c(C2CC2)n1)C1CC1. The summed E-state index contributed by atoms with van der Waals surface area (Å²) < 4.78 is 0. The van der Waals surface area contributed by atoms with E-state index in [4.69, 9.17) is 5.73 Å². The maximum absolute atomic E-state index is 11.5. The van der Waals surface area contributed by atoms with Gasteiger partial charge in [-0.3, -0.25) is 4.79 Å². The fraction of sp³-hybridized carbons (Fsp3) is 0.667. The van der Waals surface area contributed by atoms with E-state index in [2.05, 4.69) is 15.3 Å². The molecule has 0 bridgehead atoms. The molecule has 3 rings (SSSR count). The van der Waals surface area contributed by atoms with Crippen LogP contribution in [0.2, 0.25) is 0 Å². The molecule has 0 radical (unpaired) electrons. The highest BCUT2D eigenvalue weighted by Crippen LogP contribution is 2.37. The maximum atomic E-state index is 11.5. The van der Waals surface area contributed by atoms with Gasteiger partial charge in [-0.05, 0) is 31.6 Å². The van der Waals surface area contributed by atoms with Gasteiger partial charge in [0.25, 0.3) is 5.56 Å². The third-order valence-electron chi connectivity index (χ3n) is 3.47. The number of nitrogens with one attached hydrogen (secondary N) is 2. The molecule has 1 aromatic rings. The summed E-state index contributed by atoms with van der Waals surface area (Å²) in [6.45, 7) is 0.700. The normalized spacial score (nSPS) is 21.2. The van der Waals surface area contributed by atoms with E-state index in [9.17, 15) is 4.79 Å². The third kappa shape index (κ3) is 2.66. The Hall–Kier alpha value is -1.36. The molecule has 1 heterocycles. The second-order valence-electron chi connectivity index (χ2n) is 5.17. The van der Waals surface area contributed by atoms with Crippen molar-refractivity contribution in [3.63, 3.8) is 0 Å². The van der Waals surface area contributed by atoms with Crippen LogP contribution in [0, 0.1) is 5.92 Å². The molecule has 0 aromatic carbocycles. The maximum Gasteiger partial charge on any atom is 0.252 e. The molecule has 1 unspecified atom stereocenters. The topological polar surface area (TPSA) is 83.8 Å². The summed E-state index contributed by atoms with van der Waals surface area (Å²) in [6, 6.07) is 1.69. The summed E-state index contributed by atoms with van der Waals surface area (Å²) in [4.78, 5) is 18.7. The molecule has 4 N–H and O–H groups in total. The van der Waals surface area contributed by atoms with Crippen LogP contribution in [0.1, 0.15) is 37.4 Å². The van der Waals surface area contributed by atoms with Gasteiger partial charge in [0, 0.05) is 24.6 Å². The number of hydrogen-bond donors (Lipinski definition) is 3. The Labute approximate surface area is 99.8 Å². The molecule has 2 aliphatic rings. The van der Waals surface area contributed by atoms with Gasteiger partial charge in [-0.15, -0.1) is 0 Å². The Morgan fingerprint density at radius 3 is 2.88 bits per heavy atom. The molecule has 1 atom stereocenters. The average molecular weight is 234 g/mol. The van der Waals surface area contributed by atoms with Gasteiger partial charge in [-0.2, -0.15) is 0 Å². The van der Waals surface area contributed by atoms with E-state index in [0.717, 1.165) is 18.7 Å². The Kier molecular flexibility index (Phi) is 2.63. The van der Waals surface area contributed by atoms with Crippen LogP contribution in [0.25, 0.3) is 0 Å². The molecular formula is C12H18N4O. The molecule has 2 aliphatic carbocycles. The zero-order valence-electron chi connectivity index (χ0n) is 9.78. The van der Waals surface area contributed by atoms with Crippen LogP contribution in [0.3, 0.4) is 0 Å². The second-order valence-corrected chi connectivity index (χ2v) is 5.17. The van der Waals surface area contributed by atoms with E-state index in [1.165, 1.54) is 18.9 Å². The van der Waals surface area contributed by atoms with E-state index < -0.39 is 0 Å². The monoisotopic (exact) mass is 234 g/mol. The van der Waals surface area contributed by atoms with Gasteiger partial charge in [0.2, 0.25) is 0 Å². The van der Waals surface area contributed by atoms with Crippen molar-refractivity contribution in [2.45, 2.75) is 37.6 Å². The van der Waals surface area contributed by atoms with Gasteiger partial charge >= 0.3 is 0 Å². The van der Waals surface area contributed by atoms with Gasteiger partial charge in [0.05, 0.1) is 0 Å². The number of anilines is 1. The third-order valence-corrected chi connectivity index (χ3v) is 3.47. The van der Waals surface area contributed by atoms with Crippen LogP contribution in [-0.2, 0) is 0 Å². The Balaban J connectivity index is 1.66. The van der Waals surface area contributed by atoms with Gasteiger partial charge in [-0.25, -0.2) is 4.98 Å². The zero-order chi connectivity index (χ0) is 11.8. The van der Waals surface area contributed by atoms with Crippen LogP contribution < -0.4 is 16.6 Å². The lowest BCUT2D eigenvalue weighted by molar-refractivity contribution is 0.619. The van der Waals surface area contributed by atoms with Crippen LogP contribution in [0.15, 0.2) is 10.9 Å². The van der Waals surface area contributed by atoms with Gasteiger partial charge in [0.1, 0.15) is 11.6 Å². The van der Waals surface area contributed by atoms with Crippen LogP contribution in [0.4, 0.5) is 5.82 Å². The molecule has 5 nitrogen and oxygen atoms in total. The Morgan fingerprint density at radius 1 is 1.47 bits per heavy atom. The van der Waals surface area contributed by atoms with Crippen molar-refractivity contribution in [1.82, 2.24) is 9.97 Å². The van der Waals surface area contributed by atoms with Crippen LogP contribution in [-0.4, -0.2) is 22.6 Å². The Morgan fingerprint density at radius 2 is 2.24 bits per heavy atom. The number of hydrogen-bond acceptors (Lipinski definition) is 4. The van der Waals surface area contributed by atoms with Crippen molar-refractivity contribution in [2.75, 3.05) is 11.9 Å². The van der Waals surface area contributed by atoms with Gasteiger partial charge in [-0.1, -0.05) is 0 Å².